The van der Waals surface area contributed by atoms with Gasteiger partial charge >= 0.3 is 0 Å². The summed E-state index contributed by atoms with van der Waals surface area (Å²) in [5.41, 5.74) is 6.41. The van der Waals surface area contributed by atoms with Gasteiger partial charge in [-0.1, -0.05) is 6.92 Å². The summed E-state index contributed by atoms with van der Waals surface area (Å²) in [7, 11) is -3.33. The van der Waals surface area contributed by atoms with E-state index in [9.17, 15) is 8.42 Å². The first-order chi connectivity index (χ1) is 8.45. The van der Waals surface area contributed by atoms with E-state index in [1.807, 2.05) is 12.3 Å². The molecule has 4 nitrogen and oxygen atoms in total. The highest BCUT2D eigenvalue weighted by atomic mass is 32.2. The predicted molar refractivity (Wildman–Crippen MR) is 74.0 cm³/mol. The number of sulfonamides is 1. The minimum Gasteiger partial charge on any atom is -0.326 e. The van der Waals surface area contributed by atoms with Gasteiger partial charge in [0.2, 0.25) is 0 Å². The average molecular weight is 288 g/mol. The van der Waals surface area contributed by atoms with E-state index < -0.39 is 10.0 Å². The van der Waals surface area contributed by atoms with Crippen LogP contribution in [0.5, 0.6) is 0 Å². The second-order valence-electron chi connectivity index (χ2n) is 5.07. The van der Waals surface area contributed by atoms with E-state index in [4.69, 9.17) is 5.73 Å². The lowest BCUT2D eigenvalue weighted by Crippen LogP contribution is -2.43. The molecule has 1 saturated heterocycles. The van der Waals surface area contributed by atoms with Crippen LogP contribution in [0.4, 0.5) is 0 Å². The summed E-state index contributed by atoms with van der Waals surface area (Å²) in [5.74, 6) is 0.606. The highest BCUT2D eigenvalue weighted by Gasteiger charge is 2.33. The number of nitrogens with zero attached hydrogens (tertiary/aromatic N) is 1. The summed E-state index contributed by atoms with van der Waals surface area (Å²) in [6, 6.07) is 1.78. The fourth-order valence-corrected chi connectivity index (χ4v) is 5.46. The minimum atomic E-state index is -3.33. The van der Waals surface area contributed by atoms with Gasteiger partial charge in [0, 0.05) is 19.1 Å². The van der Waals surface area contributed by atoms with Crippen LogP contribution in [0.1, 0.15) is 32.3 Å². The first-order valence-electron chi connectivity index (χ1n) is 6.24. The Labute approximate surface area is 113 Å². The van der Waals surface area contributed by atoms with E-state index in [-0.39, 0.29) is 6.04 Å². The van der Waals surface area contributed by atoms with Crippen molar-refractivity contribution < 1.29 is 8.42 Å². The van der Waals surface area contributed by atoms with Gasteiger partial charge in [-0.05, 0) is 42.7 Å². The second-order valence-corrected chi connectivity index (χ2v) is 8.10. The highest BCUT2D eigenvalue weighted by molar-refractivity contribution is 7.91. The van der Waals surface area contributed by atoms with E-state index in [2.05, 4.69) is 6.92 Å². The van der Waals surface area contributed by atoms with Crippen molar-refractivity contribution in [3.8, 4) is 0 Å². The normalized spacial score (nSPS) is 26.4. The third-order valence-electron chi connectivity index (χ3n) is 3.51. The Morgan fingerprint density at radius 1 is 1.50 bits per heavy atom. The van der Waals surface area contributed by atoms with Crippen molar-refractivity contribution in [3.63, 3.8) is 0 Å². The SMILES string of the molecule is CC1CCN(S(=O)(=O)c2cc(CN)cs2)C(C)C1. The van der Waals surface area contributed by atoms with Gasteiger partial charge < -0.3 is 5.73 Å². The molecule has 0 saturated carbocycles. The summed E-state index contributed by atoms with van der Waals surface area (Å²) < 4.78 is 27.1. The third-order valence-corrected chi connectivity index (χ3v) is 6.98. The van der Waals surface area contributed by atoms with Crippen molar-refractivity contribution in [1.82, 2.24) is 4.31 Å². The molecule has 2 rings (SSSR count). The fraction of sp³-hybridized carbons (Fsp3) is 0.667. The number of piperidine rings is 1. The Morgan fingerprint density at radius 2 is 2.22 bits per heavy atom. The summed E-state index contributed by atoms with van der Waals surface area (Å²) in [4.78, 5) is 0. The molecule has 1 aromatic heterocycles. The second kappa shape index (κ2) is 5.28. The van der Waals surface area contributed by atoms with Gasteiger partial charge in [-0.2, -0.15) is 4.31 Å². The largest absolute Gasteiger partial charge is 0.326 e. The molecule has 2 N–H and O–H groups in total. The van der Waals surface area contributed by atoms with Crippen LogP contribution >= 0.6 is 11.3 Å². The van der Waals surface area contributed by atoms with Gasteiger partial charge in [0.15, 0.2) is 0 Å². The summed E-state index contributed by atoms with van der Waals surface area (Å²) in [5, 5.41) is 1.82. The van der Waals surface area contributed by atoms with E-state index in [0.717, 1.165) is 18.4 Å². The average Bonchev–Trinajstić information content (AvgIpc) is 2.77. The number of hydrogen-bond acceptors (Lipinski definition) is 4. The van der Waals surface area contributed by atoms with Gasteiger partial charge in [0.1, 0.15) is 4.21 Å². The Kier molecular flexibility index (Phi) is 4.11. The molecule has 2 unspecified atom stereocenters. The van der Waals surface area contributed by atoms with Crippen LogP contribution in [0, 0.1) is 5.92 Å². The van der Waals surface area contributed by atoms with Crippen molar-refractivity contribution in [3.05, 3.63) is 17.0 Å². The first-order valence-corrected chi connectivity index (χ1v) is 8.56. The zero-order valence-electron chi connectivity index (χ0n) is 10.8. The van der Waals surface area contributed by atoms with Crippen LogP contribution in [-0.4, -0.2) is 25.3 Å². The molecule has 1 aliphatic heterocycles. The monoisotopic (exact) mass is 288 g/mol. The molecular weight excluding hydrogens is 268 g/mol. The molecule has 18 heavy (non-hydrogen) atoms. The lowest BCUT2D eigenvalue weighted by molar-refractivity contribution is 0.220. The first kappa shape index (κ1) is 14.0. The van der Waals surface area contributed by atoms with Crippen molar-refractivity contribution in [1.29, 1.82) is 0 Å². The maximum Gasteiger partial charge on any atom is 0.252 e. The number of hydrogen-bond donors (Lipinski definition) is 1. The number of thiophene rings is 1. The molecule has 0 amide bonds. The molecule has 6 heteroatoms. The maximum absolute atomic E-state index is 12.5. The van der Waals surface area contributed by atoms with E-state index in [0.29, 0.717) is 23.2 Å². The van der Waals surface area contributed by atoms with Crippen LogP contribution in [0.3, 0.4) is 0 Å². The quantitative estimate of drug-likeness (QED) is 0.925. The van der Waals surface area contributed by atoms with Crippen molar-refractivity contribution in [2.75, 3.05) is 6.54 Å². The lowest BCUT2D eigenvalue weighted by Gasteiger charge is -2.35. The number of nitrogens with two attached hydrogens (primary N) is 1. The van der Waals surface area contributed by atoms with Crippen molar-refractivity contribution in [2.24, 2.45) is 11.7 Å². The molecule has 2 atom stereocenters. The smallest absolute Gasteiger partial charge is 0.252 e. The van der Waals surface area contributed by atoms with Crippen LogP contribution in [-0.2, 0) is 16.6 Å². The minimum absolute atomic E-state index is 0.0853. The summed E-state index contributed by atoms with van der Waals surface area (Å²) in [6.45, 7) is 5.18. The molecule has 102 valence electrons. The van der Waals surface area contributed by atoms with Crippen molar-refractivity contribution >= 4 is 21.4 Å². The molecule has 0 radical (unpaired) electrons. The Morgan fingerprint density at radius 3 is 2.78 bits per heavy atom. The molecular formula is C12H20N2O2S2. The fourth-order valence-electron chi connectivity index (χ4n) is 2.45. The van der Waals surface area contributed by atoms with Crippen molar-refractivity contribution in [2.45, 2.75) is 43.5 Å². The van der Waals surface area contributed by atoms with E-state index in [1.165, 1.54) is 11.3 Å². The standard InChI is InChI=1S/C12H20N2O2S2/c1-9-3-4-14(10(2)5-9)18(15,16)12-6-11(7-13)8-17-12/h6,8-10H,3-5,7,13H2,1-2H3. The van der Waals surface area contributed by atoms with Gasteiger partial charge in [0.05, 0.1) is 0 Å². The zero-order chi connectivity index (χ0) is 13.3. The molecule has 2 heterocycles. The van der Waals surface area contributed by atoms with Gasteiger partial charge in [-0.25, -0.2) is 8.42 Å². The summed E-state index contributed by atoms with van der Waals surface area (Å²) in [6.07, 6.45) is 1.88. The molecule has 0 spiro atoms. The Hall–Kier alpha value is -0.430. The van der Waals surface area contributed by atoms with Gasteiger partial charge in [-0.3, -0.25) is 0 Å². The molecule has 0 bridgehead atoms. The molecule has 0 aromatic carbocycles. The Balaban J connectivity index is 2.25. The van der Waals surface area contributed by atoms with E-state index >= 15 is 0 Å². The molecule has 0 aliphatic carbocycles. The predicted octanol–water partition coefficient (Wildman–Crippen LogP) is 2.02. The molecule has 1 fully saturated rings. The van der Waals surface area contributed by atoms with Crippen LogP contribution in [0.15, 0.2) is 15.7 Å². The summed E-state index contributed by atoms with van der Waals surface area (Å²) >= 11 is 1.27. The molecule has 1 aliphatic rings. The highest BCUT2D eigenvalue weighted by Crippen LogP contribution is 2.30. The van der Waals surface area contributed by atoms with Crippen LogP contribution in [0.2, 0.25) is 0 Å². The van der Waals surface area contributed by atoms with Crippen LogP contribution < -0.4 is 5.73 Å². The lowest BCUT2D eigenvalue weighted by atomic mass is 9.95. The topological polar surface area (TPSA) is 63.4 Å². The molecule has 1 aromatic rings. The zero-order valence-corrected chi connectivity index (χ0v) is 12.4. The Bertz CT molecular complexity index is 510. The van der Waals surface area contributed by atoms with Crippen LogP contribution in [0.25, 0.3) is 0 Å². The van der Waals surface area contributed by atoms with E-state index in [1.54, 1.807) is 10.4 Å². The maximum atomic E-state index is 12.5. The van der Waals surface area contributed by atoms with Gasteiger partial charge in [0.25, 0.3) is 10.0 Å². The number of rotatable bonds is 3. The third kappa shape index (κ3) is 2.61. The van der Waals surface area contributed by atoms with Gasteiger partial charge in [-0.15, -0.1) is 11.3 Å².